The van der Waals surface area contributed by atoms with Gasteiger partial charge in [0.25, 0.3) is 5.56 Å². The summed E-state index contributed by atoms with van der Waals surface area (Å²) in [6.45, 7) is 4.01. The molecular formula is C11H14N4O2. The summed E-state index contributed by atoms with van der Waals surface area (Å²) >= 11 is 0. The maximum atomic E-state index is 11.7. The third-order valence-corrected chi connectivity index (χ3v) is 2.73. The number of nitrogens with one attached hydrogen (secondary N) is 1. The van der Waals surface area contributed by atoms with E-state index in [1.807, 2.05) is 20.0 Å². The number of hydrogen-bond acceptors (Lipinski definition) is 3. The summed E-state index contributed by atoms with van der Waals surface area (Å²) < 4.78 is 2.83. The molecule has 90 valence electrons. The molecule has 2 aromatic rings. The van der Waals surface area contributed by atoms with Crippen LogP contribution in [-0.2, 0) is 13.6 Å². The Morgan fingerprint density at radius 1 is 1.35 bits per heavy atom. The van der Waals surface area contributed by atoms with Crippen molar-refractivity contribution in [2.45, 2.75) is 20.4 Å². The van der Waals surface area contributed by atoms with E-state index in [-0.39, 0.29) is 5.56 Å². The van der Waals surface area contributed by atoms with E-state index < -0.39 is 5.69 Å². The van der Waals surface area contributed by atoms with Gasteiger partial charge in [-0.15, -0.1) is 0 Å². The van der Waals surface area contributed by atoms with Crippen molar-refractivity contribution in [2.24, 2.45) is 7.05 Å². The molecule has 1 N–H and O–H groups in total. The molecule has 0 saturated carbocycles. The smallest absolute Gasteiger partial charge is 0.305 e. The summed E-state index contributed by atoms with van der Waals surface area (Å²) in [4.78, 5) is 26.0. The molecular weight excluding hydrogens is 220 g/mol. The molecule has 6 heteroatoms. The lowest BCUT2D eigenvalue weighted by Crippen LogP contribution is -2.34. The van der Waals surface area contributed by atoms with Gasteiger partial charge in [-0.2, -0.15) is 5.10 Å². The van der Waals surface area contributed by atoms with Crippen LogP contribution in [0.4, 0.5) is 0 Å². The van der Waals surface area contributed by atoms with Crippen LogP contribution in [0.2, 0.25) is 0 Å². The number of hydrogen-bond donors (Lipinski definition) is 1. The Morgan fingerprint density at radius 2 is 2.06 bits per heavy atom. The van der Waals surface area contributed by atoms with E-state index in [1.165, 1.54) is 6.07 Å². The molecule has 2 rings (SSSR count). The van der Waals surface area contributed by atoms with E-state index in [4.69, 9.17) is 0 Å². The third kappa shape index (κ3) is 1.93. The number of rotatable bonds is 2. The van der Waals surface area contributed by atoms with Crippen molar-refractivity contribution in [3.05, 3.63) is 38.7 Å². The number of nitrogens with zero attached hydrogens (tertiary/aromatic N) is 3. The highest BCUT2D eigenvalue weighted by molar-refractivity contribution is 5.53. The van der Waals surface area contributed by atoms with Gasteiger partial charge in [-0.05, 0) is 19.9 Å². The molecule has 0 fully saturated rings. The molecule has 0 unspecified atom stereocenters. The Morgan fingerprint density at radius 3 is 2.53 bits per heavy atom. The van der Waals surface area contributed by atoms with Crippen molar-refractivity contribution in [1.82, 2.24) is 19.3 Å². The maximum absolute atomic E-state index is 11.7. The van der Waals surface area contributed by atoms with E-state index in [9.17, 15) is 9.59 Å². The van der Waals surface area contributed by atoms with Gasteiger partial charge in [0.05, 0.1) is 5.69 Å². The van der Waals surface area contributed by atoms with Crippen LogP contribution in [0.3, 0.4) is 0 Å². The molecule has 0 aliphatic rings. The Balaban J connectivity index is 2.62. The Kier molecular flexibility index (Phi) is 2.71. The molecule has 0 aliphatic heterocycles. The van der Waals surface area contributed by atoms with Gasteiger partial charge >= 0.3 is 5.69 Å². The van der Waals surface area contributed by atoms with Crippen molar-refractivity contribution in [2.75, 3.05) is 0 Å². The van der Waals surface area contributed by atoms with Gasteiger partial charge in [-0.25, -0.2) is 4.79 Å². The summed E-state index contributed by atoms with van der Waals surface area (Å²) in [5.41, 5.74) is 1.30. The predicted octanol–water partition coefficient (Wildman–Crippen LogP) is 0.265. The number of aromatic nitrogens is 4. The molecule has 0 atom stereocenters. The topological polar surface area (TPSA) is 72.7 Å². The number of H-pyrrole nitrogens is 1. The average Bonchev–Trinajstić information content (AvgIpc) is 2.59. The normalized spacial score (nSPS) is 10.8. The summed E-state index contributed by atoms with van der Waals surface area (Å²) in [5, 5.41) is 4.22. The highest BCUT2D eigenvalue weighted by atomic mass is 16.2. The van der Waals surface area contributed by atoms with Crippen molar-refractivity contribution < 1.29 is 0 Å². The largest absolute Gasteiger partial charge is 0.328 e. The summed E-state index contributed by atoms with van der Waals surface area (Å²) in [6.07, 6.45) is 0. The highest BCUT2D eigenvalue weighted by Crippen LogP contribution is 2.12. The van der Waals surface area contributed by atoms with Crippen LogP contribution in [0.1, 0.15) is 12.6 Å². The molecule has 0 amide bonds. The number of aromatic amines is 1. The molecule has 0 aliphatic carbocycles. The first-order valence-electron chi connectivity index (χ1n) is 5.38. The van der Waals surface area contributed by atoms with Crippen molar-refractivity contribution >= 4 is 0 Å². The van der Waals surface area contributed by atoms with Gasteiger partial charge in [0, 0.05) is 25.4 Å². The van der Waals surface area contributed by atoms with E-state index in [0.717, 1.165) is 10.3 Å². The summed E-state index contributed by atoms with van der Waals surface area (Å²) in [6, 6.07) is 3.22. The van der Waals surface area contributed by atoms with E-state index in [2.05, 4.69) is 10.1 Å². The fraction of sp³-hybridized carbons (Fsp3) is 0.364. The van der Waals surface area contributed by atoms with Gasteiger partial charge < -0.3 is 4.98 Å². The Labute approximate surface area is 97.5 Å². The molecule has 0 saturated heterocycles. The van der Waals surface area contributed by atoms with E-state index >= 15 is 0 Å². The second-order valence-corrected chi connectivity index (χ2v) is 3.87. The van der Waals surface area contributed by atoms with Gasteiger partial charge in [0.15, 0.2) is 0 Å². The number of aryl methyl sites for hydroxylation is 2. The first-order valence-corrected chi connectivity index (χ1v) is 5.38. The van der Waals surface area contributed by atoms with Crippen LogP contribution >= 0.6 is 0 Å². The van der Waals surface area contributed by atoms with Gasteiger partial charge in [-0.1, -0.05) is 0 Å². The third-order valence-electron chi connectivity index (χ3n) is 2.73. The zero-order valence-corrected chi connectivity index (χ0v) is 10.0. The summed E-state index contributed by atoms with van der Waals surface area (Å²) in [5.74, 6) is 0. The lowest BCUT2D eigenvalue weighted by Gasteiger charge is -2.01. The zero-order chi connectivity index (χ0) is 12.6. The van der Waals surface area contributed by atoms with E-state index in [1.54, 1.807) is 11.6 Å². The molecule has 0 radical (unpaired) electrons. The van der Waals surface area contributed by atoms with Crippen molar-refractivity contribution in [3.63, 3.8) is 0 Å². The van der Waals surface area contributed by atoms with Crippen LogP contribution in [0, 0.1) is 6.92 Å². The first kappa shape index (κ1) is 11.4. The van der Waals surface area contributed by atoms with Gasteiger partial charge in [-0.3, -0.25) is 14.0 Å². The zero-order valence-electron chi connectivity index (χ0n) is 10.0. The molecule has 2 heterocycles. The molecule has 6 nitrogen and oxygen atoms in total. The predicted molar refractivity (Wildman–Crippen MR) is 63.9 cm³/mol. The second kappa shape index (κ2) is 4.04. The second-order valence-electron chi connectivity index (χ2n) is 3.87. The molecule has 2 aromatic heterocycles. The van der Waals surface area contributed by atoms with Crippen LogP contribution in [0.15, 0.2) is 21.7 Å². The van der Waals surface area contributed by atoms with Gasteiger partial charge in [0.1, 0.15) is 5.69 Å². The van der Waals surface area contributed by atoms with E-state index in [0.29, 0.717) is 17.9 Å². The van der Waals surface area contributed by atoms with Crippen LogP contribution in [0.25, 0.3) is 11.4 Å². The lowest BCUT2D eigenvalue weighted by molar-refractivity contribution is 0.673. The Hall–Kier alpha value is -2.11. The fourth-order valence-electron chi connectivity index (χ4n) is 1.65. The standard InChI is InChI=1S/C11H14N4O2/c1-4-15-10(16)6-8(12-11(15)17)9-5-7(2)14(3)13-9/h5-6H,4H2,1-3H3,(H,12,17). The van der Waals surface area contributed by atoms with Gasteiger partial charge in [0.2, 0.25) is 0 Å². The molecule has 17 heavy (non-hydrogen) atoms. The average molecular weight is 234 g/mol. The van der Waals surface area contributed by atoms with Crippen LogP contribution < -0.4 is 11.2 Å². The summed E-state index contributed by atoms with van der Waals surface area (Å²) in [7, 11) is 1.81. The minimum atomic E-state index is -0.404. The Bertz CT molecular complexity index is 612. The fourth-order valence-corrected chi connectivity index (χ4v) is 1.65. The molecule has 0 bridgehead atoms. The lowest BCUT2D eigenvalue weighted by atomic mass is 10.3. The maximum Gasteiger partial charge on any atom is 0.328 e. The van der Waals surface area contributed by atoms with Crippen LogP contribution in [0.5, 0.6) is 0 Å². The highest BCUT2D eigenvalue weighted by Gasteiger charge is 2.08. The molecule has 0 aromatic carbocycles. The van der Waals surface area contributed by atoms with Crippen molar-refractivity contribution in [1.29, 1.82) is 0 Å². The molecule has 0 spiro atoms. The minimum absolute atomic E-state index is 0.311. The quantitative estimate of drug-likeness (QED) is 0.810. The monoisotopic (exact) mass is 234 g/mol. The van der Waals surface area contributed by atoms with Crippen molar-refractivity contribution in [3.8, 4) is 11.4 Å². The minimum Gasteiger partial charge on any atom is -0.305 e. The SMILES string of the molecule is CCn1c(=O)cc(-c2cc(C)n(C)n2)[nH]c1=O. The van der Waals surface area contributed by atoms with Crippen LogP contribution in [-0.4, -0.2) is 19.3 Å². The first-order chi connectivity index (χ1) is 8.02.